The molecule has 0 amide bonds. The van der Waals surface area contributed by atoms with E-state index in [2.05, 4.69) is 452 Å². The summed E-state index contributed by atoms with van der Waals surface area (Å²) in [5.74, 6) is 1.76. The zero-order chi connectivity index (χ0) is 104. The number of aromatic nitrogens is 16. The van der Waals surface area contributed by atoms with E-state index in [1.807, 2.05) is 95.0 Å². The van der Waals surface area contributed by atoms with E-state index in [0.29, 0.717) is 0 Å². The predicted molar refractivity (Wildman–Crippen MR) is 611 cm³/mol. The maximum atomic E-state index is 5.10. The van der Waals surface area contributed by atoms with Crippen LogP contribution in [0.4, 0.5) is 10.7 Å². The number of nitrogens with zero attached hydrogens (tertiary/aromatic N) is 15. The van der Waals surface area contributed by atoms with Crippen LogP contribution in [0.15, 0.2) is 257 Å². The molecule has 0 aliphatic carbocycles. The number of hydrogen-bond acceptors (Lipinski definition) is 19. The summed E-state index contributed by atoms with van der Waals surface area (Å²) < 4.78 is 13.8. The Hall–Kier alpha value is -12.5. The second kappa shape index (κ2) is 45.2. The first-order chi connectivity index (χ1) is 66.3. The molecule has 13 aromatic heterocycles. The van der Waals surface area contributed by atoms with E-state index in [1.54, 1.807) is 65.2 Å². The average molecular weight is 1990 g/mol. The fourth-order valence-corrected chi connectivity index (χ4v) is 18.1. The maximum absolute atomic E-state index is 5.10. The van der Waals surface area contributed by atoms with Crippen LogP contribution in [0.1, 0.15) is 307 Å². The van der Waals surface area contributed by atoms with Crippen molar-refractivity contribution in [3.63, 3.8) is 0 Å². The van der Waals surface area contributed by atoms with Crippen molar-refractivity contribution in [3.05, 3.63) is 309 Å². The number of azo groups is 1. The minimum absolute atomic E-state index is 0. The van der Waals surface area contributed by atoms with E-state index in [9.17, 15) is 0 Å². The van der Waals surface area contributed by atoms with Crippen LogP contribution in [0.3, 0.4) is 0 Å². The maximum Gasteiger partial charge on any atom is 0.233 e. The molecule has 0 spiro atoms. The molecule has 7 aromatic carbocycles. The Kier molecular flexibility index (Phi) is 35.1. The Bertz CT molecular complexity index is 6900. The van der Waals surface area contributed by atoms with Crippen molar-refractivity contribution in [3.8, 4) is 0 Å². The smallest absolute Gasteiger partial charge is 0.233 e. The molecular formula is C119H151N19OS4. The molecule has 0 atom stereocenters. The van der Waals surface area contributed by atoms with Gasteiger partial charge in [-0.15, -0.1) is 34.0 Å². The summed E-state index contributed by atoms with van der Waals surface area (Å²) in [6.07, 6.45) is 23.4. The van der Waals surface area contributed by atoms with Gasteiger partial charge >= 0.3 is 0 Å². The Labute approximate surface area is 863 Å². The Balaban J connectivity index is 0.000000150. The number of aliphatic imine (C=N–C) groups is 1. The summed E-state index contributed by atoms with van der Waals surface area (Å²) >= 11 is 6.90. The van der Waals surface area contributed by atoms with Gasteiger partial charge in [0.1, 0.15) is 15.7 Å². The standard InChI is InChI=1S/C12H14N2.C12H15N.2C11H14N2.C11H13NO.2C11H13NS.2C10H13N3.C10H13NS.C9H12N2S.CH4/c1-12(2,3)9-4-5-10-11(8-9)14-7-6-13-10;1-12(2,3)10-4-5-11-9(8-10)6-7-13-11;2*1-11(2,3)9-4-5-10-8(6-9)7-12-13-10;2*1-11(2,3)9-5-4-8-7-12-13-10(8)6-9;1-11(2,3)8-4-5-9-10(6-8)13-7-12-9;1-10(2,3)8-7-13-6-4-5-11-9(13)12-8;1-10(2,3)9-12-7-5-4-6-11-8(7)13-9;1-10(2,3)8-6-7-4-5-11-9(7)12-8;1-9(2,3)7-4-6-5-10-11-8(6)12-7;/h4-8H,1-3H3;4-8,13H,1-3H3;4-6H,7H2,1-3H3;4-7H,1-3H3,(H,12,13);4*4-7H,1-3H3;4-6H,1-3H3,(H,11,12,13);5-6H,4H2,1-3H3;4-5H,1-3H3,(H,10,11);1H4. The first-order valence-electron chi connectivity index (χ1n) is 48.8. The second-order valence-corrected chi connectivity index (χ2v) is 51.3. The van der Waals surface area contributed by atoms with Gasteiger partial charge in [0.15, 0.2) is 11.2 Å². The second-order valence-electron chi connectivity index (χ2n) is 47.5. The SMILES string of the molecule is C.CC(C)(C)c1cc2c(s1)N=CC2.CC(C)(C)c1cc2cn[nH]c2s1.CC(C)(C)c1ccc2[nH]ccc2c1.CC(C)(C)c1ccc2[nH]ncc2c1.CC(C)(C)c1ccc2c(c1)CN=N2.CC(C)(C)c1ccc2cnoc2c1.CC(C)(C)c1ccc2cnsc2c1.CC(C)(C)c1ccc2nccnc2c1.CC(C)(C)c1ccc2ncsc2c1.CC(C)(C)c1cn2cccnc2n1.CC(C)(C)c1nc2ncccc2[nH]1. The van der Waals surface area contributed by atoms with Crippen LogP contribution in [0.2, 0.25) is 0 Å². The van der Waals surface area contributed by atoms with Crippen LogP contribution < -0.4 is 0 Å². The number of imidazole rings is 2. The highest BCUT2D eigenvalue weighted by molar-refractivity contribution is 7.18. The molecule has 0 saturated heterocycles. The summed E-state index contributed by atoms with van der Waals surface area (Å²) in [5.41, 5.74) is 26.3. The molecule has 20 nitrogen and oxygen atoms in total. The fraction of sp³-hybridized carbons (Fsp3) is 0.395. The number of rotatable bonds is 0. The van der Waals surface area contributed by atoms with Crippen molar-refractivity contribution < 1.29 is 4.52 Å². The molecule has 143 heavy (non-hydrogen) atoms. The van der Waals surface area contributed by atoms with E-state index in [1.165, 1.54) is 106 Å². The molecule has 4 N–H and O–H groups in total. The minimum Gasteiger partial charge on any atom is -0.361 e. The van der Waals surface area contributed by atoms with E-state index >= 15 is 0 Å². The van der Waals surface area contributed by atoms with Crippen molar-refractivity contribution >= 4 is 154 Å². The van der Waals surface area contributed by atoms with Crippen LogP contribution in [0.5, 0.6) is 0 Å². The highest BCUT2D eigenvalue weighted by Crippen LogP contribution is 2.41. The van der Waals surface area contributed by atoms with Crippen molar-refractivity contribution in [2.45, 2.75) is 308 Å². The van der Waals surface area contributed by atoms with Gasteiger partial charge in [-0.25, -0.2) is 29.9 Å². The fourth-order valence-electron chi connectivity index (χ4n) is 14.6. The first-order valence-corrected chi connectivity index (χ1v) is 52.1. The van der Waals surface area contributed by atoms with E-state index in [-0.39, 0.29) is 67.0 Å². The zero-order valence-electron chi connectivity index (χ0n) is 89.8. The van der Waals surface area contributed by atoms with Gasteiger partial charge in [0.25, 0.3) is 0 Å². The van der Waals surface area contributed by atoms with Crippen LogP contribution in [-0.2, 0) is 72.5 Å². The lowest BCUT2D eigenvalue weighted by Gasteiger charge is -2.19. The lowest BCUT2D eigenvalue weighted by Crippen LogP contribution is -2.12. The number of nitrogens with one attached hydrogen (secondary N) is 4. The molecule has 22 rings (SSSR count). The van der Waals surface area contributed by atoms with Gasteiger partial charge in [0.2, 0.25) is 5.78 Å². The molecule has 2 aliphatic heterocycles. The van der Waals surface area contributed by atoms with Crippen molar-refractivity contribution in [2.75, 3.05) is 0 Å². The predicted octanol–water partition coefficient (Wildman–Crippen LogP) is 34.3. The molecule has 0 fully saturated rings. The molecule has 752 valence electrons. The number of hydrogen-bond donors (Lipinski definition) is 4. The minimum atomic E-state index is 0. The van der Waals surface area contributed by atoms with Crippen molar-refractivity contribution in [2.24, 2.45) is 15.2 Å². The van der Waals surface area contributed by atoms with Gasteiger partial charge < -0.3 is 14.5 Å². The number of thiophene rings is 2. The average Bonchev–Trinajstić information content (AvgIpc) is 1.71. The highest BCUT2D eigenvalue weighted by atomic mass is 32.1. The zero-order valence-corrected chi connectivity index (χ0v) is 93.0. The van der Waals surface area contributed by atoms with Crippen molar-refractivity contribution in [1.29, 1.82) is 0 Å². The van der Waals surface area contributed by atoms with Gasteiger partial charge in [0, 0.05) is 115 Å². The largest absolute Gasteiger partial charge is 0.361 e. The summed E-state index contributed by atoms with van der Waals surface area (Å²) in [4.78, 5) is 44.8. The number of H-pyrrole nitrogens is 4. The molecule has 0 saturated carbocycles. The van der Waals surface area contributed by atoms with Gasteiger partial charge in [-0.2, -0.15) is 24.8 Å². The molecular weight excluding hydrogens is 1840 g/mol. The van der Waals surface area contributed by atoms with Gasteiger partial charge in [-0.1, -0.05) is 296 Å². The first kappa shape index (κ1) is 111. The van der Waals surface area contributed by atoms with E-state index < -0.39 is 0 Å². The number of pyridine rings is 1. The van der Waals surface area contributed by atoms with Crippen LogP contribution in [-0.4, -0.2) is 85.4 Å². The topological polar surface area (TPSA) is 260 Å². The van der Waals surface area contributed by atoms with Crippen LogP contribution in [0.25, 0.3) is 91.3 Å². The lowest BCUT2D eigenvalue weighted by atomic mass is 9.86. The third-order valence-corrected chi connectivity index (χ3v) is 28.5. The monoisotopic (exact) mass is 1990 g/mol. The van der Waals surface area contributed by atoms with Gasteiger partial charge in [-0.3, -0.25) is 24.6 Å². The lowest BCUT2D eigenvalue weighted by molar-refractivity contribution is 0.455. The highest BCUT2D eigenvalue weighted by Gasteiger charge is 2.26. The quantitative estimate of drug-likeness (QED) is 0.111. The molecule has 0 bridgehead atoms. The Morgan fingerprint density at radius 3 is 1.56 bits per heavy atom. The van der Waals surface area contributed by atoms with Gasteiger partial charge in [0.05, 0.1) is 79.0 Å². The van der Waals surface area contributed by atoms with E-state index in [0.717, 1.165) is 80.1 Å². The molecule has 24 heteroatoms. The summed E-state index contributed by atoms with van der Waals surface area (Å²) in [6.45, 7) is 73.6. The molecule has 20 aromatic rings. The normalized spacial score (nSPS) is 12.6. The molecule has 15 heterocycles. The number of benzene rings is 7. The number of thiazole rings is 1. The third-order valence-electron chi connectivity index (χ3n) is 24.0. The summed E-state index contributed by atoms with van der Waals surface area (Å²) in [5, 5.41) is 32.9. The Morgan fingerprint density at radius 2 is 0.944 bits per heavy atom. The molecule has 2 aliphatic rings. The molecule has 0 unspecified atom stereocenters. The summed E-state index contributed by atoms with van der Waals surface area (Å²) in [7, 11) is 0. The van der Waals surface area contributed by atoms with E-state index in [4.69, 9.17) is 4.52 Å². The van der Waals surface area contributed by atoms with Crippen molar-refractivity contribution in [1.82, 2.24) is 79.2 Å². The molecule has 0 radical (unpaired) electrons. The third kappa shape index (κ3) is 30.8. The number of fused-ring (bicyclic) bond motifs is 11. The number of aromatic amines is 4. The Morgan fingerprint density at radius 1 is 0.392 bits per heavy atom. The van der Waals surface area contributed by atoms with Crippen LogP contribution >= 0.6 is 45.5 Å². The van der Waals surface area contributed by atoms with Gasteiger partial charge in [-0.05, 0) is 219 Å². The van der Waals surface area contributed by atoms with Crippen LogP contribution in [0, 0.1) is 0 Å². The summed E-state index contributed by atoms with van der Waals surface area (Å²) in [6, 6.07) is 57.5.